The van der Waals surface area contributed by atoms with Crippen LogP contribution < -0.4 is 5.84 Å². The van der Waals surface area contributed by atoms with E-state index in [1.54, 1.807) is 0 Å². The Morgan fingerprint density at radius 1 is 1.50 bits per heavy atom. The van der Waals surface area contributed by atoms with Gasteiger partial charge >= 0.3 is 0 Å². The average molecular weight is 114 g/mol. The number of hydrazine groups is 1. The van der Waals surface area contributed by atoms with E-state index in [1.165, 1.54) is 6.42 Å². The second kappa shape index (κ2) is 1.71. The van der Waals surface area contributed by atoms with Gasteiger partial charge in [0.1, 0.15) is 0 Å². The van der Waals surface area contributed by atoms with Crippen LogP contribution in [0.15, 0.2) is 0 Å². The summed E-state index contributed by atoms with van der Waals surface area (Å²) in [7, 11) is 0. The fourth-order valence-electron chi connectivity index (χ4n) is 1.15. The average Bonchev–Trinajstić information content (AvgIpc) is 1.82. The van der Waals surface area contributed by atoms with Gasteiger partial charge < -0.3 is 0 Å². The summed E-state index contributed by atoms with van der Waals surface area (Å²) in [5.74, 6) is 5.54. The van der Waals surface area contributed by atoms with Crippen molar-refractivity contribution in [3.63, 3.8) is 0 Å². The van der Waals surface area contributed by atoms with Gasteiger partial charge in [-0.25, -0.2) is 5.01 Å². The highest BCUT2D eigenvalue weighted by molar-refractivity contribution is 4.78. The topological polar surface area (TPSA) is 29.3 Å². The molecule has 0 spiro atoms. The van der Waals surface area contributed by atoms with Crippen molar-refractivity contribution >= 4 is 0 Å². The number of hydrogen-bond donors (Lipinski definition) is 1. The van der Waals surface area contributed by atoms with E-state index in [0.29, 0.717) is 5.41 Å². The number of nitrogens with zero attached hydrogens (tertiary/aromatic N) is 1. The van der Waals surface area contributed by atoms with Gasteiger partial charge in [0.05, 0.1) is 0 Å². The molecule has 0 aromatic heterocycles. The Hall–Kier alpha value is -0.0800. The Labute approximate surface area is 50.6 Å². The maximum absolute atomic E-state index is 5.54. The van der Waals surface area contributed by atoms with Crippen LogP contribution in [0.4, 0.5) is 0 Å². The van der Waals surface area contributed by atoms with E-state index in [9.17, 15) is 0 Å². The third-order valence-corrected chi connectivity index (χ3v) is 1.71. The molecule has 0 saturated carbocycles. The fraction of sp³-hybridized carbons (Fsp3) is 1.00. The molecule has 1 saturated heterocycles. The first-order valence-electron chi connectivity index (χ1n) is 3.10. The summed E-state index contributed by atoms with van der Waals surface area (Å²) in [5.41, 5.74) is 0.467. The molecule has 0 amide bonds. The highest BCUT2D eigenvalue weighted by atomic mass is 15.4. The fourth-order valence-corrected chi connectivity index (χ4v) is 1.15. The van der Waals surface area contributed by atoms with E-state index in [4.69, 9.17) is 5.84 Å². The standard InChI is InChI=1S/C6H14N2/c1-6(2)3-4-8(7)5-6/h3-5,7H2,1-2H3. The van der Waals surface area contributed by atoms with Crippen LogP contribution in [0.1, 0.15) is 20.3 Å². The lowest BCUT2D eigenvalue weighted by molar-refractivity contribution is 0.300. The van der Waals surface area contributed by atoms with Crippen LogP contribution >= 0.6 is 0 Å². The minimum absolute atomic E-state index is 0.467. The molecule has 2 heteroatoms. The highest BCUT2D eigenvalue weighted by Gasteiger charge is 2.26. The molecule has 0 aromatic carbocycles. The van der Waals surface area contributed by atoms with Crippen LogP contribution in [-0.4, -0.2) is 18.1 Å². The summed E-state index contributed by atoms with van der Waals surface area (Å²) in [6.07, 6.45) is 1.24. The lowest BCUT2D eigenvalue weighted by atomic mass is 9.93. The van der Waals surface area contributed by atoms with Crippen molar-refractivity contribution in [1.29, 1.82) is 0 Å². The van der Waals surface area contributed by atoms with Crippen LogP contribution in [0.3, 0.4) is 0 Å². The summed E-state index contributed by atoms with van der Waals surface area (Å²) in [5, 5.41) is 1.89. The van der Waals surface area contributed by atoms with E-state index in [0.717, 1.165) is 13.1 Å². The van der Waals surface area contributed by atoms with E-state index in [2.05, 4.69) is 13.8 Å². The molecular formula is C6H14N2. The van der Waals surface area contributed by atoms with Gasteiger partial charge in [0, 0.05) is 13.1 Å². The minimum atomic E-state index is 0.467. The minimum Gasteiger partial charge on any atom is -0.269 e. The first-order valence-corrected chi connectivity index (χ1v) is 3.10. The van der Waals surface area contributed by atoms with Crippen molar-refractivity contribution in [3.8, 4) is 0 Å². The van der Waals surface area contributed by atoms with E-state index in [-0.39, 0.29) is 0 Å². The van der Waals surface area contributed by atoms with Crippen molar-refractivity contribution in [1.82, 2.24) is 5.01 Å². The van der Waals surface area contributed by atoms with Gasteiger partial charge in [-0.2, -0.15) is 0 Å². The predicted octanol–water partition coefficient (Wildman–Crippen LogP) is 0.592. The lowest BCUT2D eigenvalue weighted by Crippen LogP contribution is -2.29. The molecule has 48 valence electrons. The zero-order valence-corrected chi connectivity index (χ0v) is 5.65. The largest absolute Gasteiger partial charge is 0.269 e. The maximum Gasteiger partial charge on any atom is 0.0180 e. The summed E-state index contributed by atoms with van der Waals surface area (Å²) in [6, 6.07) is 0. The number of rotatable bonds is 0. The van der Waals surface area contributed by atoms with Crippen LogP contribution in [0.5, 0.6) is 0 Å². The quantitative estimate of drug-likeness (QED) is 0.467. The molecule has 0 aromatic rings. The van der Waals surface area contributed by atoms with Crippen LogP contribution in [0, 0.1) is 5.41 Å². The molecule has 0 aliphatic carbocycles. The monoisotopic (exact) mass is 114 g/mol. The molecule has 1 heterocycles. The number of hydrogen-bond acceptors (Lipinski definition) is 2. The molecule has 0 bridgehead atoms. The Morgan fingerprint density at radius 2 is 2.12 bits per heavy atom. The third-order valence-electron chi connectivity index (χ3n) is 1.71. The molecule has 1 fully saturated rings. The lowest BCUT2D eigenvalue weighted by Gasteiger charge is -2.15. The first kappa shape index (κ1) is 6.05. The molecular weight excluding hydrogens is 100 g/mol. The van der Waals surface area contributed by atoms with E-state index < -0.39 is 0 Å². The van der Waals surface area contributed by atoms with Crippen LogP contribution in [0.2, 0.25) is 0 Å². The molecule has 0 unspecified atom stereocenters. The molecule has 8 heavy (non-hydrogen) atoms. The van der Waals surface area contributed by atoms with Gasteiger partial charge in [0.2, 0.25) is 0 Å². The highest BCUT2D eigenvalue weighted by Crippen LogP contribution is 2.26. The van der Waals surface area contributed by atoms with Crippen molar-refractivity contribution in [2.75, 3.05) is 13.1 Å². The smallest absolute Gasteiger partial charge is 0.0180 e. The maximum atomic E-state index is 5.54. The summed E-state index contributed by atoms with van der Waals surface area (Å²) in [4.78, 5) is 0. The van der Waals surface area contributed by atoms with Gasteiger partial charge in [0.15, 0.2) is 0 Å². The van der Waals surface area contributed by atoms with Crippen molar-refractivity contribution in [2.45, 2.75) is 20.3 Å². The zero-order valence-electron chi connectivity index (χ0n) is 5.65. The summed E-state index contributed by atoms with van der Waals surface area (Å²) in [6.45, 7) is 6.61. The van der Waals surface area contributed by atoms with Crippen molar-refractivity contribution in [2.24, 2.45) is 11.3 Å². The van der Waals surface area contributed by atoms with Crippen molar-refractivity contribution < 1.29 is 0 Å². The third kappa shape index (κ3) is 1.20. The van der Waals surface area contributed by atoms with Crippen LogP contribution in [-0.2, 0) is 0 Å². The molecule has 0 radical (unpaired) electrons. The molecule has 2 N–H and O–H groups in total. The Kier molecular flexibility index (Phi) is 1.29. The molecule has 1 aliphatic rings. The second-order valence-electron chi connectivity index (χ2n) is 3.38. The summed E-state index contributed by atoms with van der Waals surface area (Å²) >= 11 is 0. The normalized spacial score (nSPS) is 28.9. The van der Waals surface area contributed by atoms with Gasteiger partial charge in [0.25, 0.3) is 0 Å². The second-order valence-corrected chi connectivity index (χ2v) is 3.38. The molecule has 0 atom stereocenters. The van der Waals surface area contributed by atoms with E-state index >= 15 is 0 Å². The number of nitrogens with two attached hydrogens (primary N) is 1. The molecule has 2 nitrogen and oxygen atoms in total. The van der Waals surface area contributed by atoms with Gasteiger partial charge in [-0.1, -0.05) is 13.8 Å². The molecule has 1 rings (SSSR count). The van der Waals surface area contributed by atoms with Crippen molar-refractivity contribution in [3.05, 3.63) is 0 Å². The first-order chi connectivity index (χ1) is 3.60. The predicted molar refractivity (Wildman–Crippen MR) is 34.2 cm³/mol. The van der Waals surface area contributed by atoms with Gasteiger partial charge in [-0.15, -0.1) is 0 Å². The zero-order chi connectivity index (χ0) is 6.20. The van der Waals surface area contributed by atoms with Crippen LogP contribution in [0.25, 0.3) is 0 Å². The van der Waals surface area contributed by atoms with E-state index in [1.807, 2.05) is 5.01 Å². The Balaban J connectivity index is 2.44. The SMILES string of the molecule is CC1(C)CCN(N)C1. The Bertz CT molecular complexity index is 88.5. The van der Waals surface area contributed by atoms with Gasteiger partial charge in [-0.3, -0.25) is 5.84 Å². The molecule has 1 aliphatic heterocycles. The Morgan fingerprint density at radius 3 is 2.25 bits per heavy atom. The van der Waals surface area contributed by atoms with Gasteiger partial charge in [-0.05, 0) is 11.8 Å². The summed E-state index contributed by atoms with van der Waals surface area (Å²) < 4.78 is 0.